The second kappa shape index (κ2) is 28.1. The van der Waals surface area contributed by atoms with Crippen molar-refractivity contribution in [1.82, 2.24) is 20.9 Å². The fraction of sp³-hybridized carbons (Fsp3) is 0.838. The van der Waals surface area contributed by atoms with Gasteiger partial charge in [0.15, 0.2) is 5.96 Å². The van der Waals surface area contributed by atoms with Gasteiger partial charge in [-0.2, -0.15) is 0 Å². The van der Waals surface area contributed by atoms with E-state index in [9.17, 15) is 34.2 Å². The molecule has 1 saturated heterocycles. The molecule has 11 N–H and O–H groups in total. The first-order valence-corrected chi connectivity index (χ1v) is 19.8. The predicted molar refractivity (Wildman–Crippen MR) is 203 cm³/mol. The third kappa shape index (κ3) is 20.0. The Bertz CT molecular complexity index is 1090. The molecule has 0 radical (unpaired) electrons. The van der Waals surface area contributed by atoms with E-state index in [2.05, 4.69) is 27.9 Å². The van der Waals surface area contributed by atoms with E-state index in [0.29, 0.717) is 45.1 Å². The topological polar surface area (TPSA) is 256 Å². The van der Waals surface area contributed by atoms with Crippen LogP contribution >= 0.6 is 0 Å². The van der Waals surface area contributed by atoms with Crippen LogP contribution in [0.2, 0.25) is 0 Å². The Labute approximate surface area is 311 Å². The van der Waals surface area contributed by atoms with Crippen molar-refractivity contribution in [2.24, 2.45) is 22.2 Å². The quantitative estimate of drug-likeness (QED) is 0.0304. The molecule has 0 saturated carbocycles. The summed E-state index contributed by atoms with van der Waals surface area (Å²) in [4.78, 5) is 70.3. The summed E-state index contributed by atoms with van der Waals surface area (Å²) in [6.45, 7) is 4.47. The number of aliphatic imine (C=N–C) groups is 1. The monoisotopic (exact) mass is 739 g/mol. The van der Waals surface area contributed by atoms with Gasteiger partial charge in [-0.3, -0.25) is 24.2 Å². The van der Waals surface area contributed by atoms with Gasteiger partial charge in [-0.25, -0.2) is 4.79 Å². The highest BCUT2D eigenvalue weighted by Crippen LogP contribution is 2.21. The number of carboxylic acid groups (broad SMARTS) is 1. The van der Waals surface area contributed by atoms with Crippen LogP contribution in [0.4, 0.5) is 0 Å². The molecule has 1 aliphatic rings. The molecule has 0 aliphatic carbocycles. The number of hydrogen-bond acceptors (Lipinski definition) is 8. The summed E-state index contributed by atoms with van der Waals surface area (Å²) in [7, 11) is 0. The largest absolute Gasteiger partial charge is 0.480 e. The summed E-state index contributed by atoms with van der Waals surface area (Å²) in [6, 6.07) is -4.43. The molecule has 1 rings (SSSR count). The average molecular weight is 739 g/mol. The second-order valence-electron chi connectivity index (χ2n) is 14.2. The molecule has 15 nitrogen and oxygen atoms in total. The standard InChI is InChI=1S/C37H70N8O7/c1-3-4-5-6-7-8-9-10-11-12-13-14-15-23-31(47)44-32(27(2)46)34(49)42-28(20-16-17-24-38)35(50)45-26-19-22-30(45)33(48)43-29(36(51)52)21-18-25-41-37(39)40/h27-30,32,46H,3-26,38H2,1-2H3,(H,42,49)(H,43,48)(H,44,47)(H,51,52)(H4,39,40,41)/t27-,28+,29+,30+,32+/m1/s1. The van der Waals surface area contributed by atoms with Gasteiger partial charge in [0.05, 0.1) is 6.10 Å². The first-order chi connectivity index (χ1) is 24.9. The van der Waals surface area contributed by atoms with Gasteiger partial charge < -0.3 is 48.3 Å². The normalized spacial score (nSPS) is 16.4. The molecule has 0 aromatic heterocycles. The smallest absolute Gasteiger partial charge is 0.326 e. The summed E-state index contributed by atoms with van der Waals surface area (Å²) in [6.07, 6.45) is 17.0. The number of aliphatic hydroxyl groups excluding tert-OH is 1. The van der Waals surface area contributed by atoms with Crippen LogP contribution in [0.5, 0.6) is 0 Å². The average Bonchev–Trinajstić information content (AvgIpc) is 3.60. The van der Waals surface area contributed by atoms with Crippen molar-refractivity contribution >= 4 is 35.6 Å². The van der Waals surface area contributed by atoms with Crippen LogP contribution in [0, 0.1) is 0 Å². The first kappa shape index (κ1) is 46.6. The number of aliphatic carboxylic acids is 1. The van der Waals surface area contributed by atoms with Crippen molar-refractivity contribution in [3.8, 4) is 0 Å². The lowest BCUT2D eigenvalue weighted by molar-refractivity contribution is -0.145. The van der Waals surface area contributed by atoms with Crippen molar-refractivity contribution < 1.29 is 34.2 Å². The molecule has 1 aliphatic heterocycles. The van der Waals surface area contributed by atoms with Crippen molar-refractivity contribution in [1.29, 1.82) is 0 Å². The zero-order valence-corrected chi connectivity index (χ0v) is 31.9. The van der Waals surface area contributed by atoms with Crippen molar-refractivity contribution in [3.63, 3.8) is 0 Å². The van der Waals surface area contributed by atoms with Crippen LogP contribution in [0.1, 0.15) is 149 Å². The second-order valence-corrected chi connectivity index (χ2v) is 14.2. The highest BCUT2D eigenvalue weighted by Gasteiger charge is 2.39. The Morgan fingerprint density at radius 1 is 0.788 bits per heavy atom. The third-order valence-corrected chi connectivity index (χ3v) is 9.55. The number of carboxylic acids is 1. The van der Waals surface area contributed by atoms with E-state index in [1.54, 1.807) is 0 Å². The fourth-order valence-corrected chi connectivity index (χ4v) is 6.50. The number of hydrogen-bond donors (Lipinski definition) is 8. The Kier molecular flexibility index (Phi) is 25.2. The first-order valence-electron chi connectivity index (χ1n) is 19.8. The molecule has 5 atom stereocenters. The third-order valence-electron chi connectivity index (χ3n) is 9.55. The highest BCUT2D eigenvalue weighted by molar-refractivity contribution is 5.95. The SMILES string of the molecule is CCCCCCCCCCCCCCCC(=O)N[C@H](C(=O)N[C@@H](CCCCN)C(=O)N1CCC[C@H]1C(=O)N[C@@H](CCCN=C(N)N)C(=O)O)[C@@H](C)O. The van der Waals surface area contributed by atoms with Gasteiger partial charge in [-0.1, -0.05) is 84.0 Å². The molecule has 4 amide bonds. The maximum atomic E-state index is 13.8. The molecular formula is C37H70N8O7. The maximum absolute atomic E-state index is 13.8. The van der Waals surface area contributed by atoms with E-state index in [0.717, 1.165) is 19.3 Å². The molecule has 1 heterocycles. The number of likely N-dealkylation sites (tertiary alicyclic amines) is 1. The van der Waals surface area contributed by atoms with Crippen molar-refractivity contribution in [2.45, 2.75) is 179 Å². The lowest BCUT2D eigenvalue weighted by Gasteiger charge is -2.31. The van der Waals surface area contributed by atoms with Crippen LogP contribution < -0.4 is 33.2 Å². The number of nitrogens with one attached hydrogen (secondary N) is 3. The van der Waals surface area contributed by atoms with Gasteiger partial charge in [0.25, 0.3) is 0 Å². The molecule has 0 unspecified atom stereocenters. The number of unbranched alkanes of at least 4 members (excludes halogenated alkanes) is 13. The molecule has 300 valence electrons. The minimum absolute atomic E-state index is 0.0854. The van der Waals surface area contributed by atoms with Crippen LogP contribution in [0.3, 0.4) is 0 Å². The zero-order chi connectivity index (χ0) is 38.7. The van der Waals surface area contributed by atoms with Crippen LogP contribution in [0.25, 0.3) is 0 Å². The number of amides is 4. The van der Waals surface area contributed by atoms with Gasteiger partial charge >= 0.3 is 5.97 Å². The lowest BCUT2D eigenvalue weighted by atomic mass is 10.0. The van der Waals surface area contributed by atoms with Crippen LogP contribution in [-0.2, 0) is 24.0 Å². The molecule has 52 heavy (non-hydrogen) atoms. The fourth-order valence-electron chi connectivity index (χ4n) is 6.50. The lowest BCUT2D eigenvalue weighted by Crippen LogP contribution is -2.59. The summed E-state index contributed by atoms with van der Waals surface area (Å²) < 4.78 is 0. The van der Waals surface area contributed by atoms with Crippen LogP contribution in [-0.4, -0.2) is 101 Å². The molecule has 0 aromatic carbocycles. The number of guanidine groups is 1. The minimum atomic E-state index is -1.27. The Balaban J connectivity index is 2.70. The summed E-state index contributed by atoms with van der Waals surface area (Å²) in [5.74, 6) is -3.48. The van der Waals surface area contributed by atoms with E-state index in [4.69, 9.17) is 17.2 Å². The number of nitrogens with zero attached hydrogens (tertiary/aromatic N) is 2. The summed E-state index contributed by atoms with van der Waals surface area (Å²) in [5.41, 5.74) is 16.3. The molecule has 1 fully saturated rings. The van der Waals surface area contributed by atoms with Gasteiger partial charge in [0.1, 0.15) is 24.2 Å². The van der Waals surface area contributed by atoms with E-state index >= 15 is 0 Å². The summed E-state index contributed by atoms with van der Waals surface area (Å²) >= 11 is 0. The Morgan fingerprint density at radius 2 is 1.37 bits per heavy atom. The van der Waals surface area contributed by atoms with E-state index < -0.39 is 54.0 Å². The number of aliphatic hydroxyl groups is 1. The van der Waals surface area contributed by atoms with Crippen molar-refractivity contribution in [2.75, 3.05) is 19.6 Å². The molecule has 0 aromatic rings. The zero-order valence-electron chi connectivity index (χ0n) is 31.9. The summed E-state index contributed by atoms with van der Waals surface area (Å²) in [5, 5.41) is 28.0. The number of carbonyl (C=O) groups excluding carboxylic acids is 4. The van der Waals surface area contributed by atoms with Crippen molar-refractivity contribution in [3.05, 3.63) is 0 Å². The van der Waals surface area contributed by atoms with Gasteiger partial charge in [0, 0.05) is 19.5 Å². The van der Waals surface area contributed by atoms with Crippen LogP contribution in [0.15, 0.2) is 4.99 Å². The van der Waals surface area contributed by atoms with E-state index in [1.807, 2.05) is 0 Å². The molecule has 15 heteroatoms. The van der Waals surface area contributed by atoms with E-state index in [-0.39, 0.29) is 44.2 Å². The number of rotatable bonds is 30. The number of carbonyl (C=O) groups is 5. The number of nitrogens with two attached hydrogens (primary N) is 3. The molecule has 0 spiro atoms. The van der Waals surface area contributed by atoms with Gasteiger partial charge in [-0.05, 0) is 64.8 Å². The molecular weight excluding hydrogens is 668 g/mol. The maximum Gasteiger partial charge on any atom is 0.326 e. The minimum Gasteiger partial charge on any atom is -0.480 e. The Morgan fingerprint density at radius 3 is 1.90 bits per heavy atom. The predicted octanol–water partition coefficient (Wildman–Crippen LogP) is 2.56. The molecule has 0 bridgehead atoms. The van der Waals surface area contributed by atoms with Gasteiger partial charge in [-0.15, -0.1) is 0 Å². The van der Waals surface area contributed by atoms with Gasteiger partial charge in [0.2, 0.25) is 23.6 Å². The Hall–Kier alpha value is -3.46. The highest BCUT2D eigenvalue weighted by atomic mass is 16.4. The van der Waals surface area contributed by atoms with E-state index in [1.165, 1.54) is 69.6 Å².